The molecule has 2 rings (SSSR count). The van der Waals surface area contributed by atoms with Gasteiger partial charge in [0.2, 0.25) is 5.88 Å². The van der Waals surface area contributed by atoms with Gasteiger partial charge in [-0.2, -0.15) is 4.98 Å². The monoisotopic (exact) mass is 285 g/mol. The van der Waals surface area contributed by atoms with E-state index in [4.69, 9.17) is 10.5 Å². The first kappa shape index (κ1) is 15.2. The summed E-state index contributed by atoms with van der Waals surface area (Å²) < 4.78 is 5.49. The first-order chi connectivity index (χ1) is 10.2. The number of rotatable bonds is 7. The van der Waals surface area contributed by atoms with Crippen LogP contribution >= 0.6 is 0 Å². The highest BCUT2D eigenvalue weighted by molar-refractivity contribution is 5.50. The Morgan fingerprint density at radius 2 is 1.90 bits per heavy atom. The van der Waals surface area contributed by atoms with E-state index < -0.39 is 0 Å². The second-order valence-corrected chi connectivity index (χ2v) is 4.89. The number of benzene rings is 1. The minimum absolute atomic E-state index is 0.621. The van der Waals surface area contributed by atoms with Gasteiger partial charge in [0.25, 0.3) is 0 Å². The number of nitrogens with two attached hydrogens (primary N) is 1. The normalized spacial score (nSPS) is 10.4. The van der Waals surface area contributed by atoms with Crippen molar-refractivity contribution < 1.29 is 4.74 Å². The number of aromatic nitrogens is 1. The topological polar surface area (TPSA) is 51.4 Å². The van der Waals surface area contributed by atoms with E-state index in [0.29, 0.717) is 12.5 Å². The number of nitrogens with zero attached hydrogens (tertiary/aromatic N) is 2. The summed E-state index contributed by atoms with van der Waals surface area (Å²) in [4.78, 5) is 6.80. The molecule has 2 N–H and O–H groups in total. The molecule has 4 nitrogen and oxygen atoms in total. The van der Waals surface area contributed by atoms with Gasteiger partial charge in [-0.05, 0) is 31.0 Å². The zero-order chi connectivity index (χ0) is 15.1. The van der Waals surface area contributed by atoms with Crippen molar-refractivity contribution in [2.75, 3.05) is 23.8 Å². The zero-order valence-corrected chi connectivity index (χ0v) is 12.7. The molecule has 1 aromatic carbocycles. The highest BCUT2D eigenvalue weighted by atomic mass is 16.5. The summed E-state index contributed by atoms with van der Waals surface area (Å²) in [7, 11) is 0. The summed E-state index contributed by atoms with van der Waals surface area (Å²) >= 11 is 0. The molecule has 4 heteroatoms. The van der Waals surface area contributed by atoms with Crippen LogP contribution in [0, 0.1) is 0 Å². The van der Waals surface area contributed by atoms with Gasteiger partial charge in [-0.25, -0.2) is 0 Å². The van der Waals surface area contributed by atoms with Gasteiger partial charge in [0.1, 0.15) is 5.82 Å². The van der Waals surface area contributed by atoms with Crippen molar-refractivity contribution in [3.8, 4) is 5.88 Å². The van der Waals surface area contributed by atoms with Crippen LogP contribution in [0.5, 0.6) is 5.88 Å². The number of hydrogen-bond donors (Lipinski definition) is 1. The van der Waals surface area contributed by atoms with Crippen LogP contribution in [0.1, 0.15) is 25.8 Å². The third-order valence-corrected chi connectivity index (χ3v) is 3.23. The molecule has 112 valence electrons. The summed E-state index contributed by atoms with van der Waals surface area (Å²) in [6.07, 6.45) is 1.05. The van der Waals surface area contributed by atoms with Crippen molar-refractivity contribution in [2.45, 2.75) is 26.8 Å². The fourth-order valence-corrected chi connectivity index (χ4v) is 2.24. The van der Waals surface area contributed by atoms with Crippen molar-refractivity contribution in [3.05, 3.63) is 48.0 Å². The first-order valence-electron chi connectivity index (χ1n) is 7.42. The molecule has 0 aliphatic rings. The van der Waals surface area contributed by atoms with E-state index >= 15 is 0 Å². The van der Waals surface area contributed by atoms with Crippen LogP contribution in [-0.4, -0.2) is 18.1 Å². The molecule has 21 heavy (non-hydrogen) atoms. The third kappa shape index (κ3) is 4.12. The molecule has 0 atom stereocenters. The number of ether oxygens (including phenoxy) is 1. The van der Waals surface area contributed by atoms with Gasteiger partial charge in [0, 0.05) is 24.8 Å². The maximum Gasteiger partial charge on any atom is 0.215 e. The van der Waals surface area contributed by atoms with Crippen LogP contribution in [0.25, 0.3) is 0 Å². The summed E-state index contributed by atoms with van der Waals surface area (Å²) in [5.41, 5.74) is 7.99. The zero-order valence-electron chi connectivity index (χ0n) is 12.7. The first-order valence-corrected chi connectivity index (χ1v) is 7.42. The minimum Gasteiger partial charge on any atom is -0.478 e. The Labute approximate surface area is 126 Å². The lowest BCUT2D eigenvalue weighted by Gasteiger charge is -2.24. The van der Waals surface area contributed by atoms with E-state index in [1.807, 2.05) is 43.3 Å². The number of para-hydroxylation sites is 1. The third-order valence-electron chi connectivity index (χ3n) is 3.23. The Morgan fingerprint density at radius 1 is 1.10 bits per heavy atom. The number of pyridine rings is 1. The molecule has 2 aromatic rings. The SMILES string of the molecule is CCCN(Cc1ccccc1N)c1cccc(OCC)n1. The molecule has 0 fully saturated rings. The predicted molar refractivity (Wildman–Crippen MR) is 87.6 cm³/mol. The van der Waals surface area contributed by atoms with E-state index in [1.54, 1.807) is 0 Å². The molecule has 0 spiro atoms. The van der Waals surface area contributed by atoms with Gasteiger partial charge in [0.05, 0.1) is 6.61 Å². The average Bonchev–Trinajstić information content (AvgIpc) is 2.49. The Hall–Kier alpha value is -2.23. The number of nitrogen functional groups attached to an aromatic ring is 1. The van der Waals surface area contributed by atoms with E-state index in [2.05, 4.69) is 22.9 Å². The Bertz CT molecular complexity index is 571. The number of anilines is 2. The molecule has 1 heterocycles. The van der Waals surface area contributed by atoms with Gasteiger partial charge >= 0.3 is 0 Å². The minimum atomic E-state index is 0.621. The quantitative estimate of drug-likeness (QED) is 0.791. The number of hydrogen-bond acceptors (Lipinski definition) is 4. The van der Waals surface area contributed by atoms with E-state index in [-0.39, 0.29) is 0 Å². The molecule has 0 unspecified atom stereocenters. The molecule has 1 aromatic heterocycles. The van der Waals surface area contributed by atoms with Crippen molar-refractivity contribution in [3.63, 3.8) is 0 Å². The molecule has 0 bridgehead atoms. The van der Waals surface area contributed by atoms with Crippen molar-refractivity contribution in [1.29, 1.82) is 0 Å². The largest absolute Gasteiger partial charge is 0.478 e. The molecular formula is C17H23N3O. The average molecular weight is 285 g/mol. The predicted octanol–water partition coefficient (Wildman–Crippen LogP) is 3.48. The van der Waals surface area contributed by atoms with Gasteiger partial charge in [-0.1, -0.05) is 31.2 Å². The van der Waals surface area contributed by atoms with Crippen LogP contribution in [0.2, 0.25) is 0 Å². The molecule has 0 saturated carbocycles. The Morgan fingerprint density at radius 3 is 2.62 bits per heavy atom. The molecule has 0 amide bonds. The lowest BCUT2D eigenvalue weighted by Crippen LogP contribution is -2.25. The van der Waals surface area contributed by atoms with Gasteiger partial charge < -0.3 is 15.4 Å². The Kier molecular flexibility index (Phi) is 5.43. The fourth-order valence-electron chi connectivity index (χ4n) is 2.24. The van der Waals surface area contributed by atoms with Crippen molar-refractivity contribution in [2.24, 2.45) is 0 Å². The lowest BCUT2D eigenvalue weighted by atomic mass is 10.1. The maximum absolute atomic E-state index is 6.05. The summed E-state index contributed by atoms with van der Waals surface area (Å²) in [6, 6.07) is 13.8. The van der Waals surface area contributed by atoms with Crippen LogP contribution in [0.3, 0.4) is 0 Å². The van der Waals surface area contributed by atoms with Crippen LogP contribution in [-0.2, 0) is 6.54 Å². The van der Waals surface area contributed by atoms with Crippen molar-refractivity contribution in [1.82, 2.24) is 4.98 Å². The van der Waals surface area contributed by atoms with Crippen molar-refractivity contribution >= 4 is 11.5 Å². The molecule has 0 aliphatic carbocycles. The summed E-state index contributed by atoms with van der Waals surface area (Å²) in [6.45, 7) is 6.42. The van der Waals surface area contributed by atoms with E-state index in [1.165, 1.54) is 0 Å². The second kappa shape index (κ2) is 7.53. The molecular weight excluding hydrogens is 262 g/mol. The van der Waals surface area contributed by atoms with Gasteiger partial charge in [0.15, 0.2) is 0 Å². The molecule has 0 saturated heterocycles. The smallest absolute Gasteiger partial charge is 0.215 e. The van der Waals surface area contributed by atoms with Crippen LogP contribution < -0.4 is 15.4 Å². The fraction of sp³-hybridized carbons (Fsp3) is 0.353. The van der Waals surface area contributed by atoms with Crippen LogP contribution in [0.15, 0.2) is 42.5 Å². The summed E-state index contributed by atoms with van der Waals surface area (Å²) in [5, 5.41) is 0. The highest BCUT2D eigenvalue weighted by Gasteiger charge is 2.10. The maximum atomic E-state index is 6.05. The standard InChI is InChI=1S/C17H23N3O/c1-3-12-20(13-14-8-5-6-9-15(14)18)16-10-7-11-17(19-16)21-4-2/h5-11H,3-4,12-13,18H2,1-2H3. The van der Waals surface area contributed by atoms with E-state index in [9.17, 15) is 0 Å². The summed E-state index contributed by atoms with van der Waals surface area (Å²) in [5.74, 6) is 1.59. The van der Waals surface area contributed by atoms with Crippen LogP contribution in [0.4, 0.5) is 11.5 Å². The molecule has 0 radical (unpaired) electrons. The highest BCUT2D eigenvalue weighted by Crippen LogP contribution is 2.21. The van der Waals surface area contributed by atoms with Gasteiger partial charge in [-0.15, -0.1) is 0 Å². The Balaban J connectivity index is 2.22. The second-order valence-electron chi connectivity index (χ2n) is 4.89. The molecule has 0 aliphatic heterocycles. The van der Waals surface area contributed by atoms with E-state index in [0.717, 1.165) is 36.6 Å². The van der Waals surface area contributed by atoms with Gasteiger partial charge in [-0.3, -0.25) is 0 Å². The lowest BCUT2D eigenvalue weighted by molar-refractivity contribution is 0.327.